The fourth-order valence-corrected chi connectivity index (χ4v) is 2.58. The van der Waals surface area contributed by atoms with Gasteiger partial charge < -0.3 is 5.32 Å². The molecule has 0 aliphatic heterocycles. The molecule has 2 N–H and O–H groups in total. The quantitative estimate of drug-likeness (QED) is 0.830. The molecule has 0 fully saturated rings. The van der Waals surface area contributed by atoms with E-state index >= 15 is 0 Å². The number of anilines is 2. The van der Waals surface area contributed by atoms with Gasteiger partial charge in [-0.25, -0.2) is 8.42 Å². The maximum Gasteiger partial charge on any atom is 0.255 e. The normalized spacial score (nSPS) is 11.0. The summed E-state index contributed by atoms with van der Waals surface area (Å²) in [5.74, 6) is -0.218. The number of carbonyl (C=O) groups is 1. The van der Waals surface area contributed by atoms with Crippen LogP contribution < -0.4 is 10.0 Å². The molecule has 0 heterocycles. The molecule has 116 valence electrons. The van der Waals surface area contributed by atoms with E-state index in [4.69, 9.17) is 0 Å². The van der Waals surface area contributed by atoms with Crippen molar-refractivity contribution in [3.8, 4) is 0 Å². The van der Waals surface area contributed by atoms with Crippen LogP contribution >= 0.6 is 15.9 Å². The molecule has 1 amide bonds. The van der Waals surface area contributed by atoms with E-state index in [-0.39, 0.29) is 11.7 Å². The highest BCUT2D eigenvalue weighted by molar-refractivity contribution is 9.10. The van der Waals surface area contributed by atoms with Crippen LogP contribution in [0, 0.1) is 0 Å². The lowest BCUT2D eigenvalue weighted by Crippen LogP contribution is -2.15. The summed E-state index contributed by atoms with van der Waals surface area (Å²) in [4.78, 5) is 12.0. The maximum atomic E-state index is 12.0. The van der Waals surface area contributed by atoms with E-state index < -0.39 is 10.0 Å². The van der Waals surface area contributed by atoms with Gasteiger partial charge in [-0.15, -0.1) is 0 Å². The minimum Gasteiger partial charge on any atom is -0.322 e. The van der Waals surface area contributed by atoms with Gasteiger partial charge in [-0.2, -0.15) is 0 Å². The summed E-state index contributed by atoms with van der Waals surface area (Å²) in [7, 11) is -3.30. The molecule has 0 bridgehead atoms. The molecule has 0 saturated heterocycles. The van der Waals surface area contributed by atoms with Crippen LogP contribution in [0.1, 0.15) is 17.3 Å². The van der Waals surface area contributed by atoms with Crippen molar-refractivity contribution in [2.75, 3.05) is 15.8 Å². The van der Waals surface area contributed by atoms with E-state index in [1.807, 2.05) is 0 Å². The van der Waals surface area contributed by atoms with Crippen molar-refractivity contribution in [2.45, 2.75) is 6.92 Å². The monoisotopic (exact) mass is 382 g/mol. The van der Waals surface area contributed by atoms with Gasteiger partial charge in [-0.1, -0.05) is 15.9 Å². The van der Waals surface area contributed by atoms with Gasteiger partial charge in [-0.3, -0.25) is 9.52 Å². The van der Waals surface area contributed by atoms with Crippen LogP contribution in [0.15, 0.2) is 53.0 Å². The summed E-state index contributed by atoms with van der Waals surface area (Å²) >= 11 is 3.31. The highest BCUT2D eigenvalue weighted by atomic mass is 79.9. The average molecular weight is 383 g/mol. The standard InChI is InChI=1S/C15H15BrN2O3S/c1-2-22(20,21)18-14-9-7-13(8-10-14)17-15(19)11-3-5-12(16)6-4-11/h3-10,18H,2H2,1H3,(H,17,19). The van der Waals surface area contributed by atoms with Crippen LogP contribution in [0.3, 0.4) is 0 Å². The largest absolute Gasteiger partial charge is 0.322 e. The molecule has 0 aliphatic carbocycles. The molecule has 0 saturated carbocycles. The van der Waals surface area contributed by atoms with Crippen molar-refractivity contribution in [3.63, 3.8) is 0 Å². The Balaban J connectivity index is 2.05. The zero-order valence-corrected chi connectivity index (χ0v) is 14.2. The van der Waals surface area contributed by atoms with Gasteiger partial charge in [0.25, 0.3) is 5.91 Å². The minimum atomic E-state index is -3.30. The lowest BCUT2D eigenvalue weighted by atomic mass is 10.2. The fraction of sp³-hybridized carbons (Fsp3) is 0.133. The van der Waals surface area contributed by atoms with Gasteiger partial charge in [0.2, 0.25) is 10.0 Å². The smallest absolute Gasteiger partial charge is 0.255 e. The molecule has 0 aromatic heterocycles. The number of sulfonamides is 1. The first-order chi connectivity index (χ1) is 10.4. The van der Waals surface area contributed by atoms with Crippen molar-refractivity contribution in [2.24, 2.45) is 0 Å². The Kier molecular flexibility index (Phi) is 5.20. The Hall–Kier alpha value is -1.86. The number of nitrogens with one attached hydrogen (secondary N) is 2. The van der Waals surface area contributed by atoms with E-state index in [1.54, 1.807) is 55.5 Å². The Morgan fingerprint density at radius 2 is 1.55 bits per heavy atom. The summed E-state index contributed by atoms with van der Waals surface area (Å²) in [6.45, 7) is 1.56. The van der Waals surface area contributed by atoms with Gasteiger partial charge >= 0.3 is 0 Å². The van der Waals surface area contributed by atoms with Crippen molar-refractivity contribution < 1.29 is 13.2 Å². The third-order valence-electron chi connectivity index (χ3n) is 2.90. The summed E-state index contributed by atoms with van der Waals surface area (Å²) < 4.78 is 26.3. The molecule has 0 spiro atoms. The van der Waals surface area contributed by atoms with Gasteiger partial charge in [0.05, 0.1) is 5.75 Å². The number of amides is 1. The number of halogens is 1. The first kappa shape index (κ1) is 16.5. The van der Waals surface area contributed by atoms with Crippen LogP contribution in [-0.4, -0.2) is 20.1 Å². The minimum absolute atomic E-state index is 0.00898. The van der Waals surface area contributed by atoms with E-state index in [2.05, 4.69) is 26.0 Å². The lowest BCUT2D eigenvalue weighted by molar-refractivity contribution is 0.102. The highest BCUT2D eigenvalue weighted by Gasteiger charge is 2.08. The predicted molar refractivity (Wildman–Crippen MR) is 91.6 cm³/mol. The fourth-order valence-electron chi connectivity index (χ4n) is 1.68. The van der Waals surface area contributed by atoms with E-state index in [0.29, 0.717) is 16.9 Å². The van der Waals surface area contributed by atoms with E-state index in [0.717, 1.165) is 4.47 Å². The van der Waals surface area contributed by atoms with Crippen LogP contribution in [0.4, 0.5) is 11.4 Å². The number of carbonyl (C=O) groups excluding carboxylic acids is 1. The zero-order chi connectivity index (χ0) is 16.2. The Labute approximate surface area is 137 Å². The van der Waals surface area contributed by atoms with E-state index in [1.165, 1.54) is 0 Å². The Morgan fingerprint density at radius 1 is 1.00 bits per heavy atom. The molecule has 7 heteroatoms. The second kappa shape index (κ2) is 6.93. The average Bonchev–Trinajstić information content (AvgIpc) is 2.49. The molecule has 2 aromatic carbocycles. The van der Waals surface area contributed by atoms with Crippen LogP contribution in [0.5, 0.6) is 0 Å². The molecule has 0 aliphatic rings. The van der Waals surface area contributed by atoms with Gasteiger partial charge in [0, 0.05) is 21.4 Å². The summed E-state index contributed by atoms with van der Waals surface area (Å²) in [5.41, 5.74) is 1.59. The third kappa shape index (κ3) is 4.57. The second-order valence-corrected chi connectivity index (χ2v) is 7.47. The van der Waals surface area contributed by atoms with Crippen LogP contribution in [-0.2, 0) is 10.0 Å². The Morgan fingerprint density at radius 3 is 2.09 bits per heavy atom. The molecule has 2 aromatic rings. The molecule has 2 rings (SSSR count). The van der Waals surface area contributed by atoms with Crippen molar-refractivity contribution in [1.29, 1.82) is 0 Å². The third-order valence-corrected chi connectivity index (χ3v) is 4.74. The number of rotatable bonds is 5. The van der Waals surface area contributed by atoms with Gasteiger partial charge in [0.1, 0.15) is 0 Å². The topological polar surface area (TPSA) is 75.3 Å². The predicted octanol–water partition coefficient (Wildman–Crippen LogP) is 3.46. The summed E-state index contributed by atoms with van der Waals surface area (Å²) in [6, 6.07) is 13.5. The van der Waals surface area contributed by atoms with Crippen LogP contribution in [0.25, 0.3) is 0 Å². The van der Waals surface area contributed by atoms with Crippen molar-refractivity contribution in [1.82, 2.24) is 0 Å². The molecule has 0 radical (unpaired) electrons. The van der Waals surface area contributed by atoms with Crippen LogP contribution in [0.2, 0.25) is 0 Å². The number of hydrogen-bond donors (Lipinski definition) is 2. The molecule has 22 heavy (non-hydrogen) atoms. The SMILES string of the molecule is CCS(=O)(=O)Nc1ccc(NC(=O)c2ccc(Br)cc2)cc1. The first-order valence-electron chi connectivity index (χ1n) is 6.57. The summed E-state index contributed by atoms with van der Waals surface area (Å²) in [5, 5.41) is 2.75. The van der Waals surface area contributed by atoms with Crippen molar-refractivity contribution >= 4 is 43.2 Å². The highest BCUT2D eigenvalue weighted by Crippen LogP contribution is 2.16. The molecular formula is C15H15BrN2O3S. The zero-order valence-electron chi connectivity index (χ0n) is 11.8. The lowest BCUT2D eigenvalue weighted by Gasteiger charge is -2.08. The molecule has 5 nitrogen and oxygen atoms in total. The Bertz CT molecular complexity index is 756. The number of hydrogen-bond acceptors (Lipinski definition) is 3. The molecule has 0 unspecified atom stereocenters. The van der Waals surface area contributed by atoms with Gasteiger partial charge in [-0.05, 0) is 55.5 Å². The second-order valence-electron chi connectivity index (χ2n) is 4.54. The van der Waals surface area contributed by atoms with Crippen molar-refractivity contribution in [3.05, 3.63) is 58.6 Å². The maximum absolute atomic E-state index is 12.0. The van der Waals surface area contributed by atoms with E-state index in [9.17, 15) is 13.2 Å². The first-order valence-corrected chi connectivity index (χ1v) is 9.01. The number of benzene rings is 2. The van der Waals surface area contributed by atoms with Gasteiger partial charge in [0.15, 0.2) is 0 Å². The summed E-state index contributed by atoms with van der Waals surface area (Å²) in [6.07, 6.45) is 0. The molecule has 0 atom stereocenters. The molecular weight excluding hydrogens is 368 g/mol.